The number of rotatable bonds is 4. The van der Waals surface area contributed by atoms with Crippen LogP contribution in [0.1, 0.15) is 38.8 Å². The quantitative estimate of drug-likeness (QED) is 0.814. The minimum atomic E-state index is 0.144. The van der Waals surface area contributed by atoms with E-state index >= 15 is 0 Å². The van der Waals surface area contributed by atoms with Gasteiger partial charge in [-0.15, -0.1) is 0 Å². The summed E-state index contributed by atoms with van der Waals surface area (Å²) in [4.78, 5) is 0. The third kappa shape index (κ3) is 4.70. The number of hydrogen-bond acceptors (Lipinski definition) is 4. The van der Waals surface area contributed by atoms with E-state index in [1.165, 1.54) is 5.56 Å². The lowest BCUT2D eigenvalue weighted by Crippen LogP contribution is -2.21. The molecular formula is C11H16N2S2. The van der Waals surface area contributed by atoms with Crippen molar-refractivity contribution in [3.8, 4) is 6.07 Å². The van der Waals surface area contributed by atoms with Crippen LogP contribution in [0.4, 0.5) is 0 Å². The SMILES string of the molecule is CC(C)(C)SN[C@H](CC#N)c1ccsc1. The molecule has 0 fully saturated rings. The Bertz CT molecular complexity index is 319. The molecule has 0 aliphatic heterocycles. The highest BCUT2D eigenvalue weighted by molar-refractivity contribution is 7.98. The van der Waals surface area contributed by atoms with Gasteiger partial charge in [0.1, 0.15) is 0 Å². The lowest BCUT2D eigenvalue weighted by Gasteiger charge is -2.22. The Morgan fingerprint density at radius 3 is 2.80 bits per heavy atom. The Morgan fingerprint density at radius 2 is 2.33 bits per heavy atom. The van der Waals surface area contributed by atoms with E-state index in [2.05, 4.69) is 43.0 Å². The van der Waals surface area contributed by atoms with Gasteiger partial charge in [0.2, 0.25) is 0 Å². The molecule has 0 spiro atoms. The first-order chi connectivity index (χ1) is 7.03. The van der Waals surface area contributed by atoms with Crippen LogP contribution < -0.4 is 4.72 Å². The molecule has 1 aromatic rings. The average Bonchev–Trinajstić information content (AvgIpc) is 2.63. The van der Waals surface area contributed by atoms with E-state index in [1.807, 2.05) is 5.38 Å². The molecule has 1 rings (SSSR count). The van der Waals surface area contributed by atoms with Crippen LogP contribution in [0, 0.1) is 11.3 Å². The van der Waals surface area contributed by atoms with Gasteiger partial charge in [0.25, 0.3) is 0 Å². The minimum Gasteiger partial charge on any atom is -0.255 e. The molecule has 0 bridgehead atoms. The van der Waals surface area contributed by atoms with Crippen LogP contribution in [0.3, 0.4) is 0 Å². The Labute approximate surface area is 99.8 Å². The van der Waals surface area contributed by atoms with Crippen LogP contribution in [0.2, 0.25) is 0 Å². The topological polar surface area (TPSA) is 35.8 Å². The van der Waals surface area contributed by atoms with Gasteiger partial charge in [-0.3, -0.25) is 4.72 Å². The van der Waals surface area contributed by atoms with Gasteiger partial charge in [0.05, 0.1) is 18.5 Å². The average molecular weight is 240 g/mol. The fourth-order valence-corrected chi connectivity index (χ4v) is 2.47. The highest BCUT2D eigenvalue weighted by atomic mass is 32.2. The Hall–Kier alpha value is -0.500. The van der Waals surface area contributed by atoms with Gasteiger partial charge in [-0.2, -0.15) is 16.6 Å². The van der Waals surface area contributed by atoms with Gasteiger partial charge in [-0.25, -0.2) is 0 Å². The summed E-state index contributed by atoms with van der Waals surface area (Å²) in [7, 11) is 0. The third-order valence-corrected chi connectivity index (χ3v) is 3.46. The van der Waals surface area contributed by atoms with Crippen LogP contribution in [0.5, 0.6) is 0 Å². The number of thiophene rings is 1. The lowest BCUT2D eigenvalue weighted by molar-refractivity contribution is 0.681. The largest absolute Gasteiger partial charge is 0.255 e. The molecule has 0 unspecified atom stereocenters. The van der Waals surface area contributed by atoms with E-state index in [1.54, 1.807) is 23.3 Å². The van der Waals surface area contributed by atoms with Crippen molar-refractivity contribution >= 4 is 23.3 Å². The first kappa shape index (κ1) is 12.6. The number of hydrogen-bond donors (Lipinski definition) is 1. The van der Waals surface area contributed by atoms with Crippen molar-refractivity contribution in [2.24, 2.45) is 0 Å². The summed E-state index contributed by atoms with van der Waals surface area (Å²) in [6.07, 6.45) is 0.514. The fourth-order valence-electron chi connectivity index (χ4n) is 1.04. The van der Waals surface area contributed by atoms with Crippen molar-refractivity contribution in [3.63, 3.8) is 0 Å². The molecule has 0 amide bonds. The molecule has 15 heavy (non-hydrogen) atoms. The zero-order valence-electron chi connectivity index (χ0n) is 9.28. The molecule has 82 valence electrons. The monoisotopic (exact) mass is 240 g/mol. The third-order valence-electron chi connectivity index (χ3n) is 1.75. The van der Waals surface area contributed by atoms with Crippen molar-refractivity contribution in [2.45, 2.75) is 38.0 Å². The highest BCUT2D eigenvalue weighted by Gasteiger charge is 2.16. The summed E-state index contributed by atoms with van der Waals surface area (Å²) in [5.74, 6) is 0. The van der Waals surface area contributed by atoms with E-state index in [0.717, 1.165) is 0 Å². The lowest BCUT2D eigenvalue weighted by atomic mass is 10.1. The summed E-state index contributed by atoms with van der Waals surface area (Å²) < 4.78 is 3.53. The molecule has 0 radical (unpaired) electrons. The second kappa shape index (κ2) is 5.55. The van der Waals surface area contributed by atoms with Gasteiger partial charge in [-0.05, 0) is 43.2 Å². The zero-order chi connectivity index (χ0) is 11.3. The van der Waals surface area contributed by atoms with Gasteiger partial charge >= 0.3 is 0 Å². The molecule has 0 aliphatic carbocycles. The second-order valence-electron chi connectivity index (χ2n) is 4.30. The molecule has 1 N–H and O–H groups in total. The summed E-state index contributed by atoms with van der Waals surface area (Å²) in [6, 6.07) is 4.44. The van der Waals surface area contributed by atoms with E-state index < -0.39 is 0 Å². The van der Waals surface area contributed by atoms with Crippen molar-refractivity contribution in [1.29, 1.82) is 5.26 Å². The maximum Gasteiger partial charge on any atom is 0.0642 e. The number of nitrogens with one attached hydrogen (secondary N) is 1. The maximum absolute atomic E-state index is 8.77. The molecule has 4 heteroatoms. The van der Waals surface area contributed by atoms with E-state index in [9.17, 15) is 0 Å². The Kier molecular flexibility index (Phi) is 4.65. The first-order valence-corrected chi connectivity index (χ1v) is 6.61. The summed E-state index contributed by atoms with van der Waals surface area (Å²) in [5.41, 5.74) is 1.21. The Morgan fingerprint density at radius 1 is 1.60 bits per heavy atom. The van der Waals surface area contributed by atoms with E-state index in [0.29, 0.717) is 6.42 Å². The molecular weight excluding hydrogens is 224 g/mol. The molecule has 0 saturated carbocycles. The van der Waals surface area contributed by atoms with Gasteiger partial charge in [0.15, 0.2) is 0 Å². The normalized spacial score (nSPS) is 13.5. The summed E-state index contributed by atoms with van der Waals surface area (Å²) >= 11 is 3.35. The summed E-state index contributed by atoms with van der Waals surface area (Å²) in [6.45, 7) is 6.46. The van der Waals surface area contributed by atoms with Crippen molar-refractivity contribution in [1.82, 2.24) is 4.72 Å². The molecule has 1 atom stereocenters. The number of nitrogens with zero attached hydrogens (tertiary/aromatic N) is 1. The van der Waals surface area contributed by atoms with E-state index in [-0.39, 0.29) is 10.8 Å². The summed E-state index contributed by atoms with van der Waals surface area (Å²) in [5, 5.41) is 12.9. The van der Waals surface area contributed by atoms with Crippen LogP contribution in [0.15, 0.2) is 16.8 Å². The predicted octanol–water partition coefficient (Wildman–Crippen LogP) is 3.74. The Balaban J connectivity index is 2.57. The van der Waals surface area contributed by atoms with Crippen LogP contribution >= 0.6 is 23.3 Å². The fraction of sp³-hybridized carbons (Fsp3) is 0.545. The molecule has 1 aromatic heterocycles. The maximum atomic E-state index is 8.77. The molecule has 0 aliphatic rings. The minimum absolute atomic E-state index is 0.144. The van der Waals surface area contributed by atoms with Crippen LogP contribution in [-0.4, -0.2) is 4.75 Å². The van der Waals surface area contributed by atoms with E-state index in [4.69, 9.17) is 5.26 Å². The zero-order valence-corrected chi connectivity index (χ0v) is 10.9. The van der Waals surface area contributed by atoms with Gasteiger partial charge < -0.3 is 0 Å². The van der Waals surface area contributed by atoms with Crippen LogP contribution in [0.25, 0.3) is 0 Å². The van der Waals surface area contributed by atoms with Crippen molar-refractivity contribution < 1.29 is 0 Å². The highest BCUT2D eigenvalue weighted by Crippen LogP contribution is 2.27. The predicted molar refractivity (Wildman–Crippen MR) is 67.8 cm³/mol. The van der Waals surface area contributed by atoms with Crippen LogP contribution in [-0.2, 0) is 0 Å². The smallest absolute Gasteiger partial charge is 0.0642 e. The standard InChI is InChI=1S/C11H16N2S2/c1-11(2,3)15-13-10(4-6-12)9-5-7-14-8-9/h5,7-8,10,13H,4H2,1-3H3/t10-/m1/s1. The van der Waals surface area contributed by atoms with Gasteiger partial charge in [0, 0.05) is 4.75 Å². The van der Waals surface area contributed by atoms with Crippen molar-refractivity contribution in [2.75, 3.05) is 0 Å². The van der Waals surface area contributed by atoms with Crippen molar-refractivity contribution in [3.05, 3.63) is 22.4 Å². The molecule has 0 saturated heterocycles. The van der Waals surface area contributed by atoms with Gasteiger partial charge in [-0.1, -0.05) is 11.9 Å². The number of nitriles is 1. The first-order valence-electron chi connectivity index (χ1n) is 4.85. The second-order valence-corrected chi connectivity index (χ2v) is 6.75. The molecule has 2 nitrogen and oxygen atoms in total. The molecule has 1 heterocycles. The molecule has 0 aromatic carbocycles.